The number of terminal acetylenes is 1. The van der Waals surface area contributed by atoms with Crippen molar-refractivity contribution in [3.8, 4) is 18.1 Å². The number of carboxylic acid groups (broad SMARTS) is 1. The molecular weight excluding hydrogens is 431 g/mol. The van der Waals surface area contributed by atoms with E-state index < -0.39 is 24.1 Å². The van der Waals surface area contributed by atoms with Gasteiger partial charge in [0.05, 0.1) is 5.02 Å². The van der Waals surface area contributed by atoms with Crippen LogP contribution in [0.4, 0.5) is 0 Å². The summed E-state index contributed by atoms with van der Waals surface area (Å²) in [6.45, 7) is 1.98. The molecule has 0 heterocycles. The minimum atomic E-state index is -1.68. The number of fused-ring (bicyclic) bond motifs is 3. The van der Waals surface area contributed by atoms with E-state index in [4.69, 9.17) is 44.2 Å². The lowest BCUT2D eigenvalue weighted by molar-refractivity contribution is -0.175. The monoisotopic (exact) mass is 450 g/mol. The number of benzene rings is 1. The molecule has 0 aliphatic heterocycles. The highest BCUT2D eigenvalue weighted by Gasteiger charge is 2.45. The van der Waals surface area contributed by atoms with E-state index in [1.165, 1.54) is 13.8 Å². The SMILES string of the molecule is C#CCC12CCC(=O)C=C1c1c(cc(OCC(=O)OC(C)(C)C(=O)O)c(Cl)c1Cl)C2. The molecule has 2 aliphatic carbocycles. The molecule has 0 saturated heterocycles. The molecule has 6 nitrogen and oxygen atoms in total. The quantitative estimate of drug-likeness (QED) is 0.518. The molecule has 0 aromatic heterocycles. The third-order valence-corrected chi connectivity index (χ3v) is 6.30. The van der Waals surface area contributed by atoms with Gasteiger partial charge in [0.2, 0.25) is 5.60 Å². The Morgan fingerprint density at radius 1 is 1.33 bits per heavy atom. The minimum Gasteiger partial charge on any atom is -0.480 e. The highest BCUT2D eigenvalue weighted by atomic mass is 35.5. The topological polar surface area (TPSA) is 89.9 Å². The molecule has 3 rings (SSSR count). The first-order chi connectivity index (χ1) is 14.0. The fraction of sp³-hybridized carbons (Fsp3) is 0.409. The van der Waals surface area contributed by atoms with Gasteiger partial charge in [0.15, 0.2) is 12.4 Å². The molecule has 0 radical (unpaired) electrons. The second kappa shape index (κ2) is 7.98. The number of halogens is 2. The van der Waals surface area contributed by atoms with Crippen molar-refractivity contribution in [1.82, 2.24) is 0 Å². The largest absolute Gasteiger partial charge is 0.480 e. The lowest BCUT2D eigenvalue weighted by Crippen LogP contribution is -2.38. The van der Waals surface area contributed by atoms with Gasteiger partial charge < -0.3 is 14.6 Å². The number of rotatable bonds is 6. The van der Waals surface area contributed by atoms with Crippen molar-refractivity contribution in [2.24, 2.45) is 5.41 Å². The lowest BCUT2D eigenvalue weighted by atomic mass is 9.70. The van der Waals surface area contributed by atoms with E-state index in [-0.39, 0.29) is 27.0 Å². The summed E-state index contributed by atoms with van der Waals surface area (Å²) in [7, 11) is 0. The summed E-state index contributed by atoms with van der Waals surface area (Å²) in [6.07, 6.45) is 9.27. The molecule has 0 fully saturated rings. The zero-order valence-electron chi connectivity index (χ0n) is 16.5. The molecule has 1 N–H and O–H groups in total. The third-order valence-electron chi connectivity index (χ3n) is 5.45. The molecule has 2 aliphatic rings. The van der Waals surface area contributed by atoms with Gasteiger partial charge in [-0.2, -0.15) is 0 Å². The summed E-state index contributed by atoms with van der Waals surface area (Å²) < 4.78 is 10.4. The lowest BCUT2D eigenvalue weighted by Gasteiger charge is -2.32. The molecule has 0 bridgehead atoms. The van der Waals surface area contributed by atoms with Crippen LogP contribution in [0.15, 0.2) is 12.1 Å². The van der Waals surface area contributed by atoms with Gasteiger partial charge in [-0.05, 0) is 50.0 Å². The third kappa shape index (κ3) is 3.92. The van der Waals surface area contributed by atoms with Crippen LogP contribution in [0.3, 0.4) is 0 Å². The van der Waals surface area contributed by atoms with Crippen molar-refractivity contribution < 1.29 is 29.0 Å². The standard InChI is InChI=1S/C22H20Cl2O6/c1-4-6-22-7-5-13(25)9-14(22)17-12(10-22)8-15(18(23)19(17)24)29-11-16(26)30-21(2,3)20(27)28/h1,8-9H,5-7,10-11H2,2-3H3,(H,27,28). The number of carbonyl (C=O) groups is 3. The van der Waals surface area contributed by atoms with E-state index in [0.717, 1.165) is 11.1 Å². The Labute approximate surface area is 184 Å². The van der Waals surface area contributed by atoms with Gasteiger partial charge in [-0.3, -0.25) is 4.79 Å². The second-order valence-electron chi connectivity index (χ2n) is 7.98. The predicted molar refractivity (Wildman–Crippen MR) is 112 cm³/mol. The van der Waals surface area contributed by atoms with Crippen LogP contribution in [0.1, 0.15) is 44.2 Å². The molecule has 158 valence electrons. The number of aliphatic carboxylic acids is 1. The molecule has 1 aromatic rings. The van der Waals surface area contributed by atoms with E-state index in [9.17, 15) is 14.4 Å². The van der Waals surface area contributed by atoms with E-state index >= 15 is 0 Å². The molecule has 0 amide bonds. The van der Waals surface area contributed by atoms with Crippen molar-refractivity contribution in [2.75, 3.05) is 6.61 Å². The van der Waals surface area contributed by atoms with Crippen LogP contribution >= 0.6 is 23.2 Å². The smallest absolute Gasteiger partial charge is 0.347 e. The van der Waals surface area contributed by atoms with Crippen molar-refractivity contribution in [3.63, 3.8) is 0 Å². The number of esters is 1. The first-order valence-corrected chi connectivity index (χ1v) is 10.0. The normalized spacial score (nSPS) is 20.0. The van der Waals surface area contributed by atoms with Crippen LogP contribution in [-0.4, -0.2) is 35.0 Å². The predicted octanol–water partition coefficient (Wildman–Crippen LogP) is 4.09. The van der Waals surface area contributed by atoms with Crippen LogP contribution in [0.25, 0.3) is 5.57 Å². The molecule has 0 saturated carbocycles. The fourth-order valence-electron chi connectivity index (χ4n) is 3.89. The first kappa shape index (κ1) is 22.2. The van der Waals surface area contributed by atoms with Gasteiger partial charge >= 0.3 is 11.9 Å². The second-order valence-corrected chi connectivity index (χ2v) is 8.73. The van der Waals surface area contributed by atoms with Crippen LogP contribution in [-0.2, 0) is 25.5 Å². The molecular formula is C22H20Cl2O6. The highest BCUT2D eigenvalue weighted by molar-refractivity contribution is 6.44. The van der Waals surface area contributed by atoms with Crippen LogP contribution < -0.4 is 4.74 Å². The number of allylic oxidation sites excluding steroid dienone is 2. The van der Waals surface area contributed by atoms with E-state index in [1.807, 2.05) is 0 Å². The summed E-state index contributed by atoms with van der Waals surface area (Å²) in [5.41, 5.74) is 0.256. The van der Waals surface area contributed by atoms with Crippen LogP contribution in [0.2, 0.25) is 10.0 Å². The molecule has 1 aromatic carbocycles. The molecule has 8 heteroatoms. The maximum Gasteiger partial charge on any atom is 0.347 e. The first-order valence-electron chi connectivity index (χ1n) is 9.28. The average molecular weight is 451 g/mol. The Morgan fingerprint density at radius 2 is 2.03 bits per heavy atom. The summed E-state index contributed by atoms with van der Waals surface area (Å²) >= 11 is 12.9. The number of carboxylic acids is 1. The Morgan fingerprint density at radius 3 is 2.67 bits per heavy atom. The van der Waals surface area contributed by atoms with Gasteiger partial charge in [-0.25, -0.2) is 9.59 Å². The van der Waals surface area contributed by atoms with Crippen LogP contribution in [0, 0.1) is 17.8 Å². The maximum absolute atomic E-state index is 12.0. The van der Waals surface area contributed by atoms with E-state index in [0.29, 0.717) is 31.2 Å². The van der Waals surface area contributed by atoms with Gasteiger partial charge in [-0.15, -0.1) is 12.3 Å². The number of hydrogen-bond acceptors (Lipinski definition) is 5. The maximum atomic E-state index is 12.0. The summed E-state index contributed by atoms with van der Waals surface area (Å²) in [5.74, 6) is 0.750. The van der Waals surface area contributed by atoms with E-state index in [1.54, 1.807) is 12.1 Å². The Bertz CT molecular complexity index is 1020. The van der Waals surface area contributed by atoms with Gasteiger partial charge in [0.1, 0.15) is 10.8 Å². The van der Waals surface area contributed by atoms with Gasteiger partial charge in [0.25, 0.3) is 0 Å². The number of hydrogen-bond donors (Lipinski definition) is 1. The van der Waals surface area contributed by atoms with E-state index in [2.05, 4.69) is 5.92 Å². The Hall–Kier alpha value is -2.49. The Balaban J connectivity index is 1.88. The fourth-order valence-corrected chi connectivity index (χ4v) is 4.41. The van der Waals surface area contributed by atoms with Crippen molar-refractivity contribution >= 4 is 46.5 Å². The minimum absolute atomic E-state index is 0.0156. The molecule has 1 unspecified atom stereocenters. The van der Waals surface area contributed by atoms with Crippen LogP contribution in [0.5, 0.6) is 5.75 Å². The van der Waals surface area contributed by atoms with Gasteiger partial charge in [-0.1, -0.05) is 23.2 Å². The summed E-state index contributed by atoms with van der Waals surface area (Å²) in [4.78, 5) is 35.1. The van der Waals surface area contributed by atoms with Crippen molar-refractivity contribution in [3.05, 3.63) is 33.3 Å². The molecule has 0 spiro atoms. The number of carbonyl (C=O) groups excluding carboxylic acids is 2. The number of ether oxygens (including phenoxy) is 2. The van der Waals surface area contributed by atoms with Crippen molar-refractivity contribution in [1.29, 1.82) is 0 Å². The average Bonchev–Trinajstić information content (AvgIpc) is 2.97. The number of ketones is 1. The van der Waals surface area contributed by atoms with Gasteiger partial charge in [0, 0.05) is 23.8 Å². The summed E-state index contributed by atoms with van der Waals surface area (Å²) in [6, 6.07) is 1.68. The Kier molecular flexibility index (Phi) is 5.90. The molecule has 1 atom stereocenters. The zero-order chi connectivity index (χ0) is 22.3. The highest BCUT2D eigenvalue weighted by Crippen LogP contribution is 2.57. The molecule has 30 heavy (non-hydrogen) atoms. The zero-order valence-corrected chi connectivity index (χ0v) is 18.0. The summed E-state index contributed by atoms with van der Waals surface area (Å²) in [5, 5.41) is 9.37. The van der Waals surface area contributed by atoms with Crippen molar-refractivity contribution in [2.45, 2.75) is 45.1 Å².